The molecule has 0 aromatic heterocycles. The third kappa shape index (κ3) is 3.34. The van der Waals surface area contributed by atoms with E-state index in [1.807, 2.05) is 0 Å². The molecule has 0 spiro atoms. The molecule has 0 saturated carbocycles. The van der Waals surface area contributed by atoms with Gasteiger partial charge in [-0.25, -0.2) is 0 Å². The van der Waals surface area contributed by atoms with E-state index in [1.54, 1.807) is 0 Å². The summed E-state index contributed by atoms with van der Waals surface area (Å²) in [7, 11) is 0. The molecule has 0 fully saturated rings. The van der Waals surface area contributed by atoms with Crippen LogP contribution in [0.3, 0.4) is 0 Å². The summed E-state index contributed by atoms with van der Waals surface area (Å²) in [5, 5.41) is 0. The maximum atomic E-state index is 2.55. The lowest BCUT2D eigenvalue weighted by atomic mass is 9.43. The number of hydrogen-bond acceptors (Lipinski definition) is 2. The van der Waals surface area contributed by atoms with Crippen molar-refractivity contribution >= 4 is 46.2 Å². The number of nitrogens with zero attached hydrogens (tertiary/aromatic N) is 2. The van der Waals surface area contributed by atoms with Crippen LogP contribution >= 0.6 is 0 Å². The van der Waals surface area contributed by atoms with E-state index < -0.39 is 0 Å². The Kier molecular flexibility index (Phi) is 4.84. The largest absolute Gasteiger partial charge is 0.376 e. The minimum atomic E-state index is 0.0704. The Bertz CT molecular complexity index is 1620. The van der Waals surface area contributed by atoms with Gasteiger partial charge in [0.2, 0.25) is 0 Å². The third-order valence-electron chi connectivity index (χ3n) is 7.79. The number of rotatable bonds is 2. The van der Waals surface area contributed by atoms with Gasteiger partial charge in [-0.15, -0.1) is 0 Å². The minimum absolute atomic E-state index is 0.0704. The zero-order valence-electron chi connectivity index (χ0n) is 21.5. The van der Waals surface area contributed by atoms with Crippen molar-refractivity contribution in [2.75, 3.05) is 9.71 Å². The number of benzene rings is 5. The predicted octanol–water partition coefficient (Wildman–Crippen LogP) is 7.69. The summed E-state index contributed by atoms with van der Waals surface area (Å²) in [6.45, 7) is 6.97. The zero-order valence-corrected chi connectivity index (χ0v) is 21.5. The van der Waals surface area contributed by atoms with E-state index in [9.17, 15) is 0 Å². The summed E-state index contributed by atoms with van der Waals surface area (Å²) in [4.78, 5) is 4.99. The first-order valence-electron chi connectivity index (χ1n) is 13.1. The first kappa shape index (κ1) is 22.0. The highest BCUT2D eigenvalue weighted by Crippen LogP contribution is 2.46. The van der Waals surface area contributed by atoms with Gasteiger partial charge in [-0.1, -0.05) is 93.6 Å². The van der Waals surface area contributed by atoms with Crippen LogP contribution in [-0.2, 0) is 5.41 Å². The van der Waals surface area contributed by atoms with E-state index in [2.05, 4.69) is 152 Å². The highest BCUT2D eigenvalue weighted by atomic mass is 15.2. The highest BCUT2D eigenvalue weighted by molar-refractivity contribution is 6.93. The van der Waals surface area contributed by atoms with Crippen molar-refractivity contribution in [3.8, 4) is 11.1 Å². The summed E-state index contributed by atoms with van der Waals surface area (Å²) in [6.07, 6.45) is 0. The summed E-state index contributed by atoms with van der Waals surface area (Å²) in [5.41, 5.74) is 12.9. The molecule has 0 aliphatic carbocycles. The summed E-state index contributed by atoms with van der Waals surface area (Å²) >= 11 is 0. The quantitative estimate of drug-likeness (QED) is 0.241. The van der Waals surface area contributed by atoms with Gasteiger partial charge in [-0.2, -0.15) is 0 Å². The fraction of sp³-hybridized carbons (Fsp3) is 0.118. The van der Waals surface area contributed by atoms with Gasteiger partial charge in [0.15, 0.2) is 0 Å². The van der Waals surface area contributed by atoms with E-state index in [-0.39, 0.29) is 12.3 Å². The standard InChI is InChI=1S/C34H29BN2/c1-34(2,3)24-21-22-30-28(23-24)27-17-12-20-32-33(27)35(37(30)26-15-8-5-9-16-26)29-18-10-11-19-31(29)36(32)25-13-6-4-7-14-25/h4-23H,1-3H3. The van der Waals surface area contributed by atoms with Crippen molar-refractivity contribution in [3.05, 3.63) is 127 Å². The van der Waals surface area contributed by atoms with Crippen LogP contribution in [-0.4, -0.2) is 6.85 Å². The van der Waals surface area contributed by atoms with Gasteiger partial charge in [0.05, 0.1) is 0 Å². The normalized spacial score (nSPS) is 13.6. The van der Waals surface area contributed by atoms with Crippen LogP contribution in [0.2, 0.25) is 0 Å². The number of fused-ring (bicyclic) bond motifs is 4. The molecule has 2 aliphatic heterocycles. The van der Waals surface area contributed by atoms with Crippen molar-refractivity contribution in [2.24, 2.45) is 0 Å². The topological polar surface area (TPSA) is 6.48 Å². The monoisotopic (exact) mass is 476 g/mol. The molecule has 0 saturated heterocycles. The van der Waals surface area contributed by atoms with Crippen LogP contribution in [0.15, 0.2) is 121 Å². The molecule has 37 heavy (non-hydrogen) atoms. The van der Waals surface area contributed by atoms with Crippen molar-refractivity contribution in [3.63, 3.8) is 0 Å². The van der Waals surface area contributed by atoms with Crippen molar-refractivity contribution in [2.45, 2.75) is 26.2 Å². The summed E-state index contributed by atoms with van der Waals surface area (Å²) < 4.78 is 0. The molecule has 7 rings (SSSR count). The van der Waals surface area contributed by atoms with Crippen molar-refractivity contribution in [1.82, 2.24) is 0 Å². The lowest BCUT2D eigenvalue weighted by molar-refractivity contribution is 0.590. The second kappa shape index (κ2) is 8.14. The fourth-order valence-electron chi connectivity index (χ4n) is 6.05. The van der Waals surface area contributed by atoms with Crippen LogP contribution in [0.5, 0.6) is 0 Å². The van der Waals surface area contributed by atoms with E-state index in [1.165, 1.54) is 56.1 Å². The summed E-state index contributed by atoms with van der Waals surface area (Å²) in [6, 6.07) is 44.4. The second-order valence-corrected chi connectivity index (χ2v) is 11.1. The van der Waals surface area contributed by atoms with Gasteiger partial charge in [0.1, 0.15) is 0 Å². The smallest absolute Gasteiger partial charge is 0.333 e. The minimum Gasteiger partial charge on any atom is -0.376 e. The molecule has 178 valence electrons. The molecule has 5 aromatic rings. The Hall–Kier alpha value is -4.24. The molecular weight excluding hydrogens is 447 g/mol. The van der Waals surface area contributed by atoms with Gasteiger partial charge in [-0.05, 0) is 76.0 Å². The van der Waals surface area contributed by atoms with Gasteiger partial charge >= 0.3 is 6.85 Å². The maximum absolute atomic E-state index is 2.55. The van der Waals surface area contributed by atoms with Gasteiger partial charge in [-0.3, -0.25) is 0 Å². The van der Waals surface area contributed by atoms with E-state index in [0.717, 1.165) is 0 Å². The molecule has 0 radical (unpaired) electrons. The molecular formula is C34H29BN2. The van der Waals surface area contributed by atoms with E-state index in [4.69, 9.17) is 0 Å². The summed E-state index contributed by atoms with van der Waals surface area (Å²) in [5.74, 6) is 0. The maximum Gasteiger partial charge on any atom is 0.333 e. The molecule has 2 heterocycles. The van der Waals surface area contributed by atoms with Crippen LogP contribution < -0.4 is 20.6 Å². The fourth-order valence-corrected chi connectivity index (χ4v) is 6.05. The zero-order chi connectivity index (χ0) is 25.1. The van der Waals surface area contributed by atoms with E-state index >= 15 is 0 Å². The molecule has 2 aliphatic rings. The molecule has 2 nitrogen and oxygen atoms in total. The van der Waals surface area contributed by atoms with Gasteiger partial charge in [0.25, 0.3) is 0 Å². The Balaban J connectivity index is 1.59. The number of para-hydroxylation sites is 3. The first-order chi connectivity index (χ1) is 18.0. The van der Waals surface area contributed by atoms with E-state index in [0.29, 0.717) is 0 Å². The molecule has 0 bridgehead atoms. The molecule has 3 heteroatoms. The molecule has 5 aromatic carbocycles. The lowest BCUT2D eigenvalue weighted by Crippen LogP contribution is -2.61. The number of hydrogen-bond donors (Lipinski definition) is 0. The van der Waals surface area contributed by atoms with Crippen LogP contribution in [0.1, 0.15) is 26.3 Å². The van der Waals surface area contributed by atoms with Gasteiger partial charge in [0, 0.05) is 34.0 Å². The average molecular weight is 476 g/mol. The van der Waals surface area contributed by atoms with Crippen molar-refractivity contribution < 1.29 is 0 Å². The third-order valence-corrected chi connectivity index (χ3v) is 7.79. The molecule has 0 unspecified atom stereocenters. The van der Waals surface area contributed by atoms with Gasteiger partial charge < -0.3 is 9.71 Å². The highest BCUT2D eigenvalue weighted by Gasteiger charge is 2.44. The lowest BCUT2D eigenvalue weighted by Gasteiger charge is -2.45. The average Bonchev–Trinajstić information content (AvgIpc) is 2.93. The Morgan fingerprint density at radius 3 is 1.92 bits per heavy atom. The first-order valence-corrected chi connectivity index (χ1v) is 13.1. The van der Waals surface area contributed by atoms with Crippen LogP contribution in [0.4, 0.5) is 28.4 Å². The Morgan fingerprint density at radius 2 is 1.19 bits per heavy atom. The SMILES string of the molecule is CC(C)(C)c1ccc2c(c1)-c1cccc3c1B(c1ccccc1N3c1ccccc1)N2c1ccccc1. The van der Waals surface area contributed by atoms with Crippen LogP contribution in [0, 0.1) is 0 Å². The molecule has 0 amide bonds. The Morgan fingerprint density at radius 1 is 0.541 bits per heavy atom. The van der Waals surface area contributed by atoms with Crippen molar-refractivity contribution in [1.29, 1.82) is 0 Å². The predicted molar refractivity (Wildman–Crippen MR) is 159 cm³/mol. The second-order valence-electron chi connectivity index (χ2n) is 11.1. The molecule has 0 atom stereocenters. The van der Waals surface area contributed by atoms with Crippen LogP contribution in [0.25, 0.3) is 11.1 Å². The Labute approximate surface area is 219 Å². The number of anilines is 5. The molecule has 0 N–H and O–H groups in total.